The van der Waals surface area contributed by atoms with Crippen molar-refractivity contribution in [2.75, 3.05) is 0 Å². The monoisotopic (exact) mass is 234 g/mol. The minimum Gasteiger partial charge on any atom is -0.507 e. The number of hydrogen-bond donors (Lipinski definition) is 2. The van der Waals surface area contributed by atoms with Gasteiger partial charge in [-0.15, -0.1) is 0 Å². The highest BCUT2D eigenvalue weighted by molar-refractivity contribution is 6.08. The summed E-state index contributed by atoms with van der Waals surface area (Å²) in [5.41, 5.74) is -0.00625. The zero-order chi connectivity index (χ0) is 12.8. The standard InChI is InChI=1S/C12H14N2O3/c1-2-3-8-11(16)14(13)12(17)9-6-4-5-7-10(9)15/h3-8,15H,2,13H2,1H3. The molecular formula is C12H14N2O3. The summed E-state index contributed by atoms with van der Waals surface area (Å²) in [5, 5.41) is 9.93. The van der Waals surface area contributed by atoms with Crippen LogP contribution in [0, 0.1) is 0 Å². The van der Waals surface area contributed by atoms with Crippen molar-refractivity contribution in [2.24, 2.45) is 5.84 Å². The Morgan fingerprint density at radius 2 is 2.06 bits per heavy atom. The van der Waals surface area contributed by atoms with Gasteiger partial charge in [-0.05, 0) is 18.6 Å². The zero-order valence-corrected chi connectivity index (χ0v) is 9.46. The van der Waals surface area contributed by atoms with Crippen LogP contribution in [0.2, 0.25) is 0 Å². The second-order valence-corrected chi connectivity index (χ2v) is 3.34. The number of aromatic hydroxyl groups is 1. The van der Waals surface area contributed by atoms with Crippen molar-refractivity contribution < 1.29 is 14.7 Å². The number of hydrogen-bond acceptors (Lipinski definition) is 4. The first-order chi connectivity index (χ1) is 8.07. The quantitative estimate of drug-likeness (QED) is 0.356. The zero-order valence-electron chi connectivity index (χ0n) is 9.46. The van der Waals surface area contributed by atoms with Gasteiger partial charge in [0, 0.05) is 6.08 Å². The van der Waals surface area contributed by atoms with Crippen LogP contribution in [-0.4, -0.2) is 21.9 Å². The SMILES string of the molecule is CCC=CC(=O)N(N)C(=O)c1ccccc1O. The Bertz CT molecular complexity index is 455. The largest absolute Gasteiger partial charge is 0.507 e. The summed E-state index contributed by atoms with van der Waals surface area (Å²) in [4.78, 5) is 23.2. The third-order valence-electron chi connectivity index (χ3n) is 2.09. The number of amides is 2. The molecule has 0 aliphatic heterocycles. The van der Waals surface area contributed by atoms with Crippen molar-refractivity contribution >= 4 is 11.8 Å². The number of imide groups is 1. The Hall–Kier alpha value is -2.14. The Morgan fingerprint density at radius 1 is 1.41 bits per heavy atom. The number of hydrazine groups is 1. The normalized spacial score (nSPS) is 10.5. The van der Waals surface area contributed by atoms with Gasteiger partial charge in [0.15, 0.2) is 0 Å². The van der Waals surface area contributed by atoms with Crippen molar-refractivity contribution in [3.63, 3.8) is 0 Å². The Balaban J connectivity index is 2.87. The van der Waals surface area contributed by atoms with E-state index in [1.807, 2.05) is 6.92 Å². The molecule has 2 amide bonds. The fourth-order valence-corrected chi connectivity index (χ4v) is 1.18. The predicted octanol–water partition coefficient (Wildman–Crippen LogP) is 1.20. The molecule has 5 nitrogen and oxygen atoms in total. The van der Waals surface area contributed by atoms with E-state index in [4.69, 9.17) is 5.84 Å². The number of phenols is 1. The molecular weight excluding hydrogens is 220 g/mol. The Morgan fingerprint density at radius 3 is 2.65 bits per heavy atom. The molecule has 0 aromatic heterocycles. The smallest absolute Gasteiger partial charge is 0.278 e. The van der Waals surface area contributed by atoms with Crippen LogP contribution < -0.4 is 5.84 Å². The van der Waals surface area contributed by atoms with Crippen LogP contribution in [0.4, 0.5) is 0 Å². The summed E-state index contributed by atoms with van der Waals surface area (Å²) in [5.74, 6) is 3.80. The number of benzene rings is 1. The van der Waals surface area contributed by atoms with Gasteiger partial charge in [-0.2, -0.15) is 0 Å². The van der Waals surface area contributed by atoms with Gasteiger partial charge in [0.05, 0.1) is 5.56 Å². The van der Waals surface area contributed by atoms with Gasteiger partial charge < -0.3 is 5.11 Å². The lowest BCUT2D eigenvalue weighted by Crippen LogP contribution is -2.41. The maximum absolute atomic E-state index is 11.8. The molecule has 0 radical (unpaired) electrons. The number of para-hydroxylation sites is 1. The van der Waals surface area contributed by atoms with E-state index in [-0.39, 0.29) is 11.3 Å². The summed E-state index contributed by atoms with van der Waals surface area (Å²) >= 11 is 0. The first-order valence-electron chi connectivity index (χ1n) is 5.15. The topological polar surface area (TPSA) is 83.6 Å². The van der Waals surface area contributed by atoms with E-state index >= 15 is 0 Å². The molecule has 0 saturated heterocycles. The van der Waals surface area contributed by atoms with Crippen molar-refractivity contribution in [3.8, 4) is 5.75 Å². The lowest BCUT2D eigenvalue weighted by atomic mass is 10.2. The molecule has 90 valence electrons. The Labute approximate surface area is 99.1 Å². The summed E-state index contributed by atoms with van der Waals surface area (Å²) < 4.78 is 0. The highest BCUT2D eigenvalue weighted by Crippen LogP contribution is 2.16. The van der Waals surface area contributed by atoms with Crippen LogP contribution >= 0.6 is 0 Å². The molecule has 0 heterocycles. The first kappa shape index (κ1) is 12.9. The third kappa shape index (κ3) is 3.15. The number of nitrogens with two attached hydrogens (primary N) is 1. The number of carbonyl (C=O) groups excluding carboxylic acids is 2. The van der Waals surface area contributed by atoms with Crippen molar-refractivity contribution in [3.05, 3.63) is 42.0 Å². The van der Waals surface area contributed by atoms with Gasteiger partial charge in [-0.25, -0.2) is 10.9 Å². The second-order valence-electron chi connectivity index (χ2n) is 3.34. The van der Waals surface area contributed by atoms with Crippen LogP contribution in [0.15, 0.2) is 36.4 Å². The number of rotatable bonds is 3. The molecule has 1 aromatic carbocycles. The van der Waals surface area contributed by atoms with Gasteiger partial charge in [-0.3, -0.25) is 9.59 Å². The summed E-state index contributed by atoms with van der Waals surface area (Å²) in [7, 11) is 0. The van der Waals surface area contributed by atoms with E-state index in [0.29, 0.717) is 11.4 Å². The maximum Gasteiger partial charge on any atom is 0.278 e. The highest BCUT2D eigenvalue weighted by Gasteiger charge is 2.19. The molecule has 0 spiro atoms. The van der Waals surface area contributed by atoms with Gasteiger partial charge in [-0.1, -0.05) is 25.1 Å². The number of carbonyl (C=O) groups is 2. The fourth-order valence-electron chi connectivity index (χ4n) is 1.18. The minimum absolute atomic E-state index is 0.00625. The molecule has 0 bridgehead atoms. The van der Waals surface area contributed by atoms with Crippen molar-refractivity contribution in [1.82, 2.24) is 5.01 Å². The van der Waals surface area contributed by atoms with Gasteiger partial charge in [0.25, 0.3) is 11.8 Å². The summed E-state index contributed by atoms with van der Waals surface area (Å²) in [6.07, 6.45) is 3.49. The molecule has 0 saturated carbocycles. The van der Waals surface area contributed by atoms with Crippen LogP contribution in [0.5, 0.6) is 5.75 Å². The molecule has 0 fully saturated rings. The van der Waals surface area contributed by atoms with Crippen molar-refractivity contribution in [1.29, 1.82) is 0 Å². The van der Waals surface area contributed by atoms with Crippen LogP contribution in [0.25, 0.3) is 0 Å². The van der Waals surface area contributed by atoms with Gasteiger partial charge in [0.2, 0.25) is 0 Å². The third-order valence-corrected chi connectivity index (χ3v) is 2.09. The predicted molar refractivity (Wildman–Crippen MR) is 62.9 cm³/mol. The molecule has 0 atom stereocenters. The molecule has 1 aromatic rings. The molecule has 0 unspecified atom stereocenters. The van der Waals surface area contributed by atoms with Crippen LogP contribution in [0.3, 0.4) is 0 Å². The summed E-state index contributed by atoms with van der Waals surface area (Å²) in [6, 6.07) is 5.90. The van der Waals surface area contributed by atoms with Gasteiger partial charge in [0.1, 0.15) is 5.75 Å². The van der Waals surface area contributed by atoms with E-state index in [1.54, 1.807) is 18.2 Å². The summed E-state index contributed by atoms with van der Waals surface area (Å²) in [6.45, 7) is 1.86. The number of allylic oxidation sites excluding steroid dienone is 1. The van der Waals surface area contributed by atoms with E-state index in [2.05, 4.69) is 0 Å². The molecule has 0 aliphatic rings. The molecule has 1 rings (SSSR count). The van der Waals surface area contributed by atoms with E-state index in [9.17, 15) is 14.7 Å². The fraction of sp³-hybridized carbons (Fsp3) is 0.167. The average Bonchev–Trinajstić information content (AvgIpc) is 2.34. The number of nitrogens with zero attached hydrogens (tertiary/aromatic N) is 1. The molecule has 5 heteroatoms. The van der Waals surface area contributed by atoms with Gasteiger partial charge >= 0.3 is 0 Å². The van der Waals surface area contributed by atoms with E-state index in [0.717, 1.165) is 0 Å². The number of phenolic OH excluding ortho intramolecular Hbond substituents is 1. The molecule has 0 aliphatic carbocycles. The van der Waals surface area contributed by atoms with E-state index < -0.39 is 11.8 Å². The first-order valence-corrected chi connectivity index (χ1v) is 5.15. The molecule has 17 heavy (non-hydrogen) atoms. The lowest BCUT2D eigenvalue weighted by Gasteiger charge is -2.13. The van der Waals surface area contributed by atoms with E-state index in [1.165, 1.54) is 18.2 Å². The Kier molecular flexibility index (Phi) is 4.42. The average molecular weight is 234 g/mol. The van der Waals surface area contributed by atoms with Crippen LogP contribution in [0.1, 0.15) is 23.7 Å². The highest BCUT2D eigenvalue weighted by atomic mass is 16.3. The maximum atomic E-state index is 11.8. The molecule has 3 N–H and O–H groups in total. The minimum atomic E-state index is -0.742. The second kappa shape index (κ2) is 5.81. The van der Waals surface area contributed by atoms with Crippen LogP contribution in [-0.2, 0) is 4.79 Å². The van der Waals surface area contributed by atoms with Crippen molar-refractivity contribution in [2.45, 2.75) is 13.3 Å². The lowest BCUT2D eigenvalue weighted by molar-refractivity contribution is -0.123.